The first-order valence-corrected chi connectivity index (χ1v) is 9.90. The average molecular weight is 426 g/mol. The van der Waals surface area contributed by atoms with Gasteiger partial charge in [0.25, 0.3) is 0 Å². The number of nitrogens with one attached hydrogen (secondary N) is 1. The van der Waals surface area contributed by atoms with Crippen LogP contribution in [0.1, 0.15) is 56.6 Å². The Hall–Kier alpha value is -1.65. The molecule has 0 fully saturated rings. The van der Waals surface area contributed by atoms with Crippen LogP contribution in [0.5, 0.6) is 0 Å². The summed E-state index contributed by atoms with van der Waals surface area (Å²) in [5.74, 6) is -0.0223. The third-order valence-electron chi connectivity index (χ3n) is 3.61. The topological polar surface area (TPSA) is 85.1 Å². The summed E-state index contributed by atoms with van der Waals surface area (Å²) in [4.78, 5) is -0.340. The van der Waals surface area contributed by atoms with Gasteiger partial charge in [-0.3, -0.25) is 0 Å². The standard InChI is InChI=1S/C16H19ClF3N3O3S/c1-9(13-21-22-14(26-13)15(2,3)4)23-27(24,25)12-6-5-11(16(18,19)20)7-10(12)8-17/h5-7,9,23H,8H2,1-4H3. The summed E-state index contributed by atoms with van der Waals surface area (Å²) in [6, 6.07) is 1.41. The fourth-order valence-corrected chi connectivity index (χ4v) is 3.90. The number of benzene rings is 1. The Balaban J connectivity index is 2.32. The second-order valence-corrected chi connectivity index (χ2v) is 8.94. The zero-order chi connectivity index (χ0) is 20.6. The first-order chi connectivity index (χ1) is 12.3. The molecule has 0 aliphatic carbocycles. The van der Waals surface area contributed by atoms with Gasteiger partial charge in [-0.25, -0.2) is 8.42 Å². The van der Waals surface area contributed by atoms with E-state index in [1.54, 1.807) is 0 Å². The number of nitrogens with zero attached hydrogens (tertiary/aromatic N) is 2. The zero-order valence-electron chi connectivity index (χ0n) is 15.1. The summed E-state index contributed by atoms with van der Waals surface area (Å²) >= 11 is 5.67. The summed E-state index contributed by atoms with van der Waals surface area (Å²) in [6.45, 7) is 7.05. The molecule has 1 N–H and O–H groups in total. The number of sulfonamides is 1. The first-order valence-electron chi connectivity index (χ1n) is 7.88. The Morgan fingerprint density at radius 3 is 2.33 bits per heavy atom. The molecular weight excluding hydrogens is 407 g/mol. The van der Waals surface area contributed by atoms with Gasteiger partial charge in [0.1, 0.15) is 0 Å². The van der Waals surface area contributed by atoms with Crippen LogP contribution in [0.25, 0.3) is 0 Å². The van der Waals surface area contributed by atoms with Crippen LogP contribution >= 0.6 is 11.6 Å². The van der Waals surface area contributed by atoms with Crippen molar-refractivity contribution in [2.45, 2.75) is 56.1 Å². The van der Waals surface area contributed by atoms with E-state index in [0.717, 1.165) is 12.1 Å². The number of halogens is 4. The maximum Gasteiger partial charge on any atom is 0.416 e. The third kappa shape index (κ3) is 4.99. The summed E-state index contributed by atoms with van der Waals surface area (Å²) in [6.07, 6.45) is -4.60. The smallest absolute Gasteiger partial charge is 0.416 e. The number of hydrogen-bond acceptors (Lipinski definition) is 5. The van der Waals surface area contributed by atoms with Crippen LogP contribution in [0.3, 0.4) is 0 Å². The maximum absolute atomic E-state index is 12.8. The Kier molecular flexibility index (Phi) is 5.93. The lowest BCUT2D eigenvalue weighted by Crippen LogP contribution is -2.28. The number of aromatic nitrogens is 2. The molecular formula is C16H19ClF3N3O3S. The van der Waals surface area contributed by atoms with Gasteiger partial charge in [0.2, 0.25) is 21.8 Å². The van der Waals surface area contributed by atoms with E-state index < -0.39 is 39.1 Å². The molecule has 1 unspecified atom stereocenters. The monoisotopic (exact) mass is 425 g/mol. The van der Waals surface area contributed by atoms with Gasteiger partial charge < -0.3 is 4.42 Å². The van der Waals surface area contributed by atoms with Crippen molar-refractivity contribution in [3.05, 3.63) is 41.1 Å². The highest BCUT2D eigenvalue weighted by atomic mass is 35.5. The van der Waals surface area contributed by atoms with E-state index in [1.165, 1.54) is 6.92 Å². The van der Waals surface area contributed by atoms with Crippen LogP contribution in [-0.4, -0.2) is 18.6 Å². The van der Waals surface area contributed by atoms with Crippen LogP contribution in [0.2, 0.25) is 0 Å². The SMILES string of the molecule is CC(NS(=O)(=O)c1ccc(C(F)(F)F)cc1CCl)c1nnc(C(C)(C)C)o1. The minimum Gasteiger partial charge on any atom is -0.423 e. The van der Waals surface area contributed by atoms with Crippen LogP contribution in [0, 0.1) is 0 Å². The maximum atomic E-state index is 12.8. The lowest BCUT2D eigenvalue weighted by Gasteiger charge is -2.15. The Labute approximate surface area is 160 Å². The van der Waals surface area contributed by atoms with Gasteiger partial charge in [-0.1, -0.05) is 20.8 Å². The lowest BCUT2D eigenvalue weighted by molar-refractivity contribution is -0.137. The van der Waals surface area contributed by atoms with Crippen molar-refractivity contribution in [1.29, 1.82) is 0 Å². The molecule has 11 heteroatoms. The van der Waals surface area contributed by atoms with Crippen molar-refractivity contribution in [2.24, 2.45) is 0 Å². The summed E-state index contributed by atoms with van der Waals surface area (Å²) in [7, 11) is -4.17. The van der Waals surface area contributed by atoms with Crippen molar-refractivity contribution in [3.8, 4) is 0 Å². The van der Waals surface area contributed by atoms with Crippen LogP contribution < -0.4 is 4.72 Å². The molecule has 0 saturated carbocycles. The molecule has 0 aliphatic heterocycles. The van der Waals surface area contributed by atoms with Gasteiger partial charge in [-0.2, -0.15) is 17.9 Å². The molecule has 0 saturated heterocycles. The summed E-state index contributed by atoms with van der Waals surface area (Å²) in [5, 5.41) is 7.72. The molecule has 0 aliphatic rings. The minimum absolute atomic E-state index is 0.0443. The lowest BCUT2D eigenvalue weighted by atomic mass is 9.97. The molecule has 150 valence electrons. The second-order valence-electron chi connectivity index (χ2n) is 6.99. The number of hydrogen-bond donors (Lipinski definition) is 1. The molecule has 0 amide bonds. The van der Waals surface area contributed by atoms with E-state index in [9.17, 15) is 21.6 Å². The fourth-order valence-electron chi connectivity index (χ4n) is 2.18. The van der Waals surface area contributed by atoms with Crippen molar-refractivity contribution in [1.82, 2.24) is 14.9 Å². The first kappa shape index (κ1) is 21.6. The van der Waals surface area contributed by atoms with E-state index in [-0.39, 0.29) is 16.3 Å². The van der Waals surface area contributed by atoms with Gasteiger partial charge in [0.15, 0.2) is 0 Å². The highest BCUT2D eigenvalue weighted by Gasteiger charge is 2.33. The number of rotatable bonds is 5. The predicted octanol–water partition coefficient (Wildman–Crippen LogP) is 4.16. The minimum atomic E-state index is -4.60. The molecule has 0 radical (unpaired) electrons. The Morgan fingerprint density at radius 1 is 1.22 bits per heavy atom. The van der Waals surface area contributed by atoms with Crippen molar-refractivity contribution in [2.75, 3.05) is 0 Å². The summed E-state index contributed by atoms with van der Waals surface area (Å²) < 4.78 is 71.5. The average Bonchev–Trinajstić information content (AvgIpc) is 3.03. The normalized spacial score (nSPS) is 14.4. The van der Waals surface area contributed by atoms with E-state index in [1.807, 2.05) is 20.8 Å². The molecule has 0 spiro atoms. The molecule has 0 bridgehead atoms. The molecule has 1 aromatic heterocycles. The van der Waals surface area contributed by atoms with E-state index in [0.29, 0.717) is 12.0 Å². The van der Waals surface area contributed by atoms with Crippen LogP contribution in [-0.2, 0) is 27.5 Å². The van der Waals surface area contributed by atoms with E-state index in [4.69, 9.17) is 16.0 Å². The summed E-state index contributed by atoms with van der Waals surface area (Å²) in [5.41, 5.74) is -1.55. The highest BCUT2D eigenvalue weighted by molar-refractivity contribution is 7.89. The van der Waals surface area contributed by atoms with Crippen molar-refractivity contribution >= 4 is 21.6 Å². The molecule has 6 nitrogen and oxygen atoms in total. The molecule has 1 atom stereocenters. The molecule has 2 aromatic rings. The van der Waals surface area contributed by atoms with Crippen LogP contribution in [0.4, 0.5) is 13.2 Å². The number of alkyl halides is 4. The van der Waals surface area contributed by atoms with Gasteiger partial charge in [-0.05, 0) is 30.7 Å². The van der Waals surface area contributed by atoms with Crippen LogP contribution in [0.15, 0.2) is 27.5 Å². The zero-order valence-corrected chi connectivity index (χ0v) is 16.6. The van der Waals surface area contributed by atoms with Gasteiger partial charge in [0.05, 0.1) is 16.5 Å². The largest absolute Gasteiger partial charge is 0.423 e. The third-order valence-corrected chi connectivity index (χ3v) is 5.53. The predicted molar refractivity (Wildman–Crippen MR) is 92.7 cm³/mol. The second kappa shape index (κ2) is 7.40. The fraction of sp³-hybridized carbons (Fsp3) is 0.500. The Bertz CT molecular complexity index is 921. The van der Waals surface area contributed by atoms with E-state index >= 15 is 0 Å². The molecule has 1 heterocycles. The molecule has 2 rings (SSSR count). The van der Waals surface area contributed by atoms with E-state index in [2.05, 4.69) is 14.9 Å². The van der Waals surface area contributed by atoms with Gasteiger partial charge in [-0.15, -0.1) is 21.8 Å². The quantitative estimate of drug-likeness (QED) is 0.727. The molecule has 1 aromatic carbocycles. The van der Waals surface area contributed by atoms with Crippen molar-refractivity contribution in [3.63, 3.8) is 0 Å². The highest BCUT2D eigenvalue weighted by Crippen LogP contribution is 2.32. The van der Waals surface area contributed by atoms with Gasteiger partial charge >= 0.3 is 6.18 Å². The molecule has 27 heavy (non-hydrogen) atoms. The van der Waals surface area contributed by atoms with Crippen molar-refractivity contribution < 1.29 is 26.0 Å². The Morgan fingerprint density at radius 2 is 1.85 bits per heavy atom. The van der Waals surface area contributed by atoms with Gasteiger partial charge in [0, 0.05) is 11.3 Å².